The van der Waals surface area contributed by atoms with E-state index < -0.39 is 0 Å². The summed E-state index contributed by atoms with van der Waals surface area (Å²) >= 11 is 0. The number of aliphatic imine (C=N–C) groups is 1. The van der Waals surface area contributed by atoms with E-state index in [1.165, 1.54) is 38.8 Å². The Bertz CT molecular complexity index is 456. The molecule has 3 saturated heterocycles. The van der Waals surface area contributed by atoms with Gasteiger partial charge >= 0.3 is 0 Å². The first-order valence-electron chi connectivity index (χ1n) is 9.73. The molecule has 3 heterocycles. The third kappa shape index (κ3) is 3.88. The van der Waals surface area contributed by atoms with Gasteiger partial charge in [0, 0.05) is 50.8 Å². The lowest BCUT2D eigenvalue weighted by Gasteiger charge is -2.43. The van der Waals surface area contributed by atoms with Gasteiger partial charge in [0.25, 0.3) is 0 Å². The largest absolute Gasteiger partial charge is 0.381 e. The van der Waals surface area contributed by atoms with E-state index in [1.807, 2.05) is 7.05 Å². The molecule has 0 aromatic heterocycles. The number of piperidine rings is 1. The average molecular weight is 337 g/mol. The Morgan fingerprint density at radius 2 is 2.17 bits per heavy atom. The highest BCUT2D eigenvalue weighted by Gasteiger charge is 2.42. The van der Waals surface area contributed by atoms with Crippen molar-refractivity contribution in [3.05, 3.63) is 0 Å². The Labute approximate surface area is 147 Å². The van der Waals surface area contributed by atoms with Crippen LogP contribution in [0.15, 0.2) is 4.99 Å². The van der Waals surface area contributed by atoms with Gasteiger partial charge in [0.1, 0.15) is 0 Å². The molecule has 3 fully saturated rings. The molecule has 0 aromatic carbocycles. The van der Waals surface area contributed by atoms with E-state index in [0.717, 1.165) is 44.7 Å². The van der Waals surface area contributed by atoms with Crippen molar-refractivity contribution in [2.45, 2.75) is 52.0 Å². The zero-order valence-corrected chi connectivity index (χ0v) is 16.1. The second-order valence-electron chi connectivity index (χ2n) is 8.88. The van der Waals surface area contributed by atoms with Crippen LogP contribution in [-0.4, -0.2) is 74.3 Å². The maximum atomic E-state index is 5.65. The van der Waals surface area contributed by atoms with Crippen LogP contribution in [0.25, 0.3) is 0 Å². The number of likely N-dealkylation sites (tertiary alicyclic amines) is 2. The van der Waals surface area contributed by atoms with Crippen molar-refractivity contribution in [1.82, 2.24) is 15.1 Å². The van der Waals surface area contributed by atoms with E-state index in [0.29, 0.717) is 5.41 Å². The van der Waals surface area contributed by atoms with Crippen LogP contribution < -0.4 is 5.32 Å². The average Bonchev–Trinajstić information content (AvgIpc) is 3.19. The van der Waals surface area contributed by atoms with Crippen molar-refractivity contribution in [2.75, 3.05) is 53.0 Å². The first kappa shape index (κ1) is 18.0. The zero-order chi connectivity index (χ0) is 17.2. The van der Waals surface area contributed by atoms with E-state index in [-0.39, 0.29) is 5.54 Å². The lowest BCUT2D eigenvalue weighted by Crippen LogP contribution is -2.56. The molecule has 24 heavy (non-hydrogen) atoms. The van der Waals surface area contributed by atoms with Gasteiger partial charge in [-0.25, -0.2) is 0 Å². The van der Waals surface area contributed by atoms with Gasteiger partial charge in [0.05, 0.1) is 6.61 Å². The third-order valence-electron chi connectivity index (χ3n) is 6.33. The molecule has 5 heteroatoms. The molecule has 5 nitrogen and oxygen atoms in total. The summed E-state index contributed by atoms with van der Waals surface area (Å²) in [5.74, 6) is 1.88. The first-order chi connectivity index (χ1) is 11.4. The maximum Gasteiger partial charge on any atom is 0.193 e. The smallest absolute Gasteiger partial charge is 0.193 e. The number of nitrogens with one attached hydrogen (secondary N) is 1. The van der Waals surface area contributed by atoms with Crippen LogP contribution in [0.2, 0.25) is 0 Å². The molecule has 0 saturated carbocycles. The lowest BCUT2D eigenvalue weighted by atomic mass is 9.87. The highest BCUT2D eigenvalue weighted by Crippen LogP contribution is 2.38. The molecule has 0 radical (unpaired) electrons. The van der Waals surface area contributed by atoms with E-state index in [9.17, 15) is 0 Å². The van der Waals surface area contributed by atoms with Gasteiger partial charge in [-0.1, -0.05) is 6.92 Å². The molecule has 0 bridgehead atoms. The monoisotopic (exact) mass is 336 g/mol. The third-order valence-corrected chi connectivity index (χ3v) is 6.33. The Balaban J connectivity index is 1.54. The van der Waals surface area contributed by atoms with E-state index >= 15 is 0 Å². The summed E-state index contributed by atoms with van der Waals surface area (Å²) in [5.41, 5.74) is 0.550. The minimum absolute atomic E-state index is 0.165. The number of guanidine groups is 1. The van der Waals surface area contributed by atoms with Crippen LogP contribution >= 0.6 is 0 Å². The molecule has 138 valence electrons. The molecule has 3 rings (SSSR count). The van der Waals surface area contributed by atoms with Gasteiger partial charge < -0.3 is 15.0 Å². The van der Waals surface area contributed by atoms with Crippen molar-refractivity contribution >= 4 is 5.96 Å². The highest BCUT2D eigenvalue weighted by atomic mass is 16.5. The van der Waals surface area contributed by atoms with Crippen LogP contribution in [0.3, 0.4) is 0 Å². The van der Waals surface area contributed by atoms with Gasteiger partial charge in [-0.2, -0.15) is 0 Å². The topological polar surface area (TPSA) is 40.1 Å². The van der Waals surface area contributed by atoms with Gasteiger partial charge in [-0.15, -0.1) is 0 Å². The molecule has 1 spiro atoms. The summed E-state index contributed by atoms with van der Waals surface area (Å²) in [6.45, 7) is 14.5. The SMILES string of the molecule is CN=C(NCC(C)(C)N1CCCC(C)C1)N1CCC2(CCOC2)C1. The molecule has 3 aliphatic rings. The van der Waals surface area contributed by atoms with Crippen molar-refractivity contribution in [3.8, 4) is 0 Å². The van der Waals surface area contributed by atoms with E-state index in [2.05, 4.69) is 40.9 Å². The minimum Gasteiger partial charge on any atom is -0.381 e. The molecule has 0 aromatic rings. The number of nitrogens with zero attached hydrogens (tertiary/aromatic N) is 3. The Morgan fingerprint density at radius 1 is 1.33 bits per heavy atom. The summed E-state index contributed by atoms with van der Waals surface area (Å²) in [4.78, 5) is 9.64. The normalized spacial score (nSPS) is 32.8. The van der Waals surface area contributed by atoms with Gasteiger partial charge in [0.15, 0.2) is 5.96 Å². The second kappa shape index (κ2) is 7.20. The summed E-state index contributed by atoms with van der Waals surface area (Å²) in [5, 5.41) is 3.66. The molecule has 2 unspecified atom stereocenters. The number of hydrogen-bond donors (Lipinski definition) is 1. The van der Waals surface area contributed by atoms with Crippen molar-refractivity contribution in [1.29, 1.82) is 0 Å². The molecule has 0 amide bonds. The standard InChI is InChI=1S/C19H36N4O/c1-16-6-5-9-23(12-16)18(2,3)13-21-17(20-4)22-10-7-19(14-22)8-11-24-15-19/h16H,5-15H2,1-4H3,(H,20,21). The van der Waals surface area contributed by atoms with Crippen molar-refractivity contribution in [3.63, 3.8) is 0 Å². The van der Waals surface area contributed by atoms with Crippen LogP contribution in [0.4, 0.5) is 0 Å². The van der Waals surface area contributed by atoms with Crippen LogP contribution in [-0.2, 0) is 4.74 Å². The van der Waals surface area contributed by atoms with Crippen LogP contribution in [0.1, 0.15) is 46.5 Å². The number of rotatable bonds is 3. The van der Waals surface area contributed by atoms with Gasteiger partial charge in [-0.3, -0.25) is 9.89 Å². The molecule has 2 atom stereocenters. The summed E-state index contributed by atoms with van der Waals surface area (Å²) in [6, 6.07) is 0. The lowest BCUT2D eigenvalue weighted by molar-refractivity contribution is 0.0735. The molecule has 3 aliphatic heterocycles. The minimum atomic E-state index is 0.165. The van der Waals surface area contributed by atoms with Crippen LogP contribution in [0.5, 0.6) is 0 Å². The Morgan fingerprint density at radius 3 is 2.83 bits per heavy atom. The fourth-order valence-electron chi connectivity index (χ4n) is 4.57. The van der Waals surface area contributed by atoms with Gasteiger partial charge in [-0.05, 0) is 52.0 Å². The predicted octanol–water partition coefficient (Wildman–Crippen LogP) is 2.18. The maximum absolute atomic E-state index is 5.65. The van der Waals surface area contributed by atoms with Crippen molar-refractivity contribution in [2.24, 2.45) is 16.3 Å². The molecular weight excluding hydrogens is 300 g/mol. The summed E-state index contributed by atoms with van der Waals surface area (Å²) < 4.78 is 5.65. The predicted molar refractivity (Wildman–Crippen MR) is 99.5 cm³/mol. The number of hydrogen-bond acceptors (Lipinski definition) is 3. The second-order valence-corrected chi connectivity index (χ2v) is 8.88. The quantitative estimate of drug-likeness (QED) is 0.633. The highest BCUT2D eigenvalue weighted by molar-refractivity contribution is 5.80. The van der Waals surface area contributed by atoms with Crippen molar-refractivity contribution < 1.29 is 4.74 Å². The van der Waals surface area contributed by atoms with Crippen LogP contribution in [0, 0.1) is 11.3 Å². The molecule has 1 N–H and O–H groups in total. The van der Waals surface area contributed by atoms with Gasteiger partial charge in [0.2, 0.25) is 0 Å². The number of ether oxygens (including phenoxy) is 1. The fourth-order valence-corrected chi connectivity index (χ4v) is 4.57. The molecular formula is C19H36N4O. The Hall–Kier alpha value is -0.810. The zero-order valence-electron chi connectivity index (χ0n) is 16.1. The molecule has 0 aliphatic carbocycles. The first-order valence-corrected chi connectivity index (χ1v) is 9.73. The fraction of sp³-hybridized carbons (Fsp3) is 0.947. The van der Waals surface area contributed by atoms with E-state index in [4.69, 9.17) is 4.74 Å². The Kier molecular flexibility index (Phi) is 5.40. The van der Waals surface area contributed by atoms with E-state index in [1.54, 1.807) is 0 Å². The summed E-state index contributed by atoms with van der Waals surface area (Å²) in [6.07, 6.45) is 5.14. The summed E-state index contributed by atoms with van der Waals surface area (Å²) in [7, 11) is 1.91.